The number of benzene rings is 1. The molecular weight excluding hydrogens is 229 g/mol. The average Bonchev–Trinajstić information content (AvgIpc) is 2.35. The van der Waals surface area contributed by atoms with Gasteiger partial charge in [0.1, 0.15) is 12.4 Å². The van der Waals surface area contributed by atoms with Gasteiger partial charge in [-0.2, -0.15) is 0 Å². The lowest BCUT2D eigenvalue weighted by molar-refractivity contribution is 0.242. The molecule has 2 nitrogen and oxygen atoms in total. The van der Waals surface area contributed by atoms with Crippen LogP contribution >= 0.6 is 0 Å². The Labute approximate surface area is 109 Å². The number of aliphatic imine (C=N–C) groups is 1. The molecule has 0 aliphatic rings. The van der Waals surface area contributed by atoms with E-state index in [1.807, 2.05) is 38.1 Å². The van der Waals surface area contributed by atoms with Crippen LogP contribution in [0.4, 0.5) is 4.39 Å². The van der Waals surface area contributed by atoms with Gasteiger partial charge >= 0.3 is 0 Å². The predicted molar refractivity (Wildman–Crippen MR) is 74.5 cm³/mol. The Balaban J connectivity index is 2.72. The number of halogens is 1. The minimum Gasteiger partial charge on any atom is -0.491 e. The van der Waals surface area contributed by atoms with Gasteiger partial charge in [-0.15, -0.1) is 0 Å². The molecule has 0 aromatic heterocycles. The average molecular weight is 251 g/mol. The fourth-order valence-corrected chi connectivity index (χ4v) is 1.58. The molecular formula is C15H22FNO. The molecule has 0 spiro atoms. The van der Waals surface area contributed by atoms with Crippen LogP contribution in [0.3, 0.4) is 0 Å². The Morgan fingerprint density at radius 1 is 1.28 bits per heavy atom. The van der Waals surface area contributed by atoms with Gasteiger partial charge in [0.25, 0.3) is 0 Å². The normalized spacial score (nSPS) is 11.9. The summed E-state index contributed by atoms with van der Waals surface area (Å²) >= 11 is 0. The maximum Gasteiger partial charge on any atom is 0.132 e. The first-order valence-corrected chi connectivity index (χ1v) is 6.53. The molecule has 0 N–H and O–H groups in total. The van der Waals surface area contributed by atoms with E-state index in [-0.39, 0.29) is 6.10 Å². The third-order valence-electron chi connectivity index (χ3n) is 2.50. The number of rotatable bonds is 7. The van der Waals surface area contributed by atoms with E-state index in [0.29, 0.717) is 12.3 Å². The van der Waals surface area contributed by atoms with Crippen LogP contribution in [0.25, 0.3) is 0 Å². The lowest BCUT2D eigenvalue weighted by Gasteiger charge is -2.10. The zero-order chi connectivity index (χ0) is 13.4. The smallest absolute Gasteiger partial charge is 0.132 e. The summed E-state index contributed by atoms with van der Waals surface area (Å²) in [6, 6.07) is 7.45. The number of hydrogen-bond acceptors (Lipinski definition) is 2. The zero-order valence-electron chi connectivity index (χ0n) is 11.4. The van der Waals surface area contributed by atoms with Gasteiger partial charge in [-0.25, -0.2) is 4.39 Å². The summed E-state index contributed by atoms with van der Waals surface area (Å²) in [7, 11) is 0. The van der Waals surface area contributed by atoms with E-state index in [9.17, 15) is 4.39 Å². The first-order valence-electron chi connectivity index (χ1n) is 6.53. The summed E-state index contributed by atoms with van der Waals surface area (Å²) in [5.74, 6) is 0.806. The molecule has 0 saturated heterocycles. The van der Waals surface area contributed by atoms with Gasteiger partial charge in [-0.1, -0.05) is 13.3 Å². The topological polar surface area (TPSA) is 21.6 Å². The molecule has 3 heteroatoms. The summed E-state index contributed by atoms with van der Waals surface area (Å²) in [5.41, 5.74) is 1.37. The maximum absolute atomic E-state index is 12.9. The summed E-state index contributed by atoms with van der Waals surface area (Å²) in [6.45, 7) is 6.23. The molecule has 0 heterocycles. The molecule has 0 atom stereocenters. The van der Waals surface area contributed by atoms with Crippen molar-refractivity contribution in [3.05, 3.63) is 29.8 Å². The number of hydrogen-bond donors (Lipinski definition) is 0. The molecule has 100 valence electrons. The van der Waals surface area contributed by atoms with Crippen molar-refractivity contribution in [2.45, 2.75) is 39.7 Å². The van der Waals surface area contributed by atoms with Gasteiger partial charge in [-0.3, -0.25) is 4.99 Å². The second-order valence-electron chi connectivity index (χ2n) is 4.51. The van der Waals surface area contributed by atoms with Gasteiger partial charge in [0.2, 0.25) is 0 Å². The van der Waals surface area contributed by atoms with E-state index in [4.69, 9.17) is 4.74 Å². The third-order valence-corrected chi connectivity index (χ3v) is 2.50. The second kappa shape index (κ2) is 7.85. The van der Waals surface area contributed by atoms with E-state index in [1.54, 1.807) is 0 Å². The molecule has 18 heavy (non-hydrogen) atoms. The van der Waals surface area contributed by atoms with Crippen LogP contribution < -0.4 is 4.74 Å². The van der Waals surface area contributed by atoms with Crippen molar-refractivity contribution in [1.82, 2.24) is 0 Å². The number of alkyl halides is 1. The van der Waals surface area contributed by atoms with Gasteiger partial charge in [0.05, 0.1) is 11.8 Å². The van der Waals surface area contributed by atoms with Crippen LogP contribution in [0.5, 0.6) is 5.75 Å². The molecule has 0 unspecified atom stereocenters. The Morgan fingerprint density at radius 3 is 2.44 bits per heavy atom. The SMILES string of the molecule is CCCCN=C(CF)c1ccc(OC(C)C)cc1. The predicted octanol–water partition coefficient (Wildman–Crippen LogP) is 4.03. The maximum atomic E-state index is 12.9. The fraction of sp³-hybridized carbons (Fsp3) is 0.533. The molecule has 0 aliphatic carbocycles. The van der Waals surface area contributed by atoms with E-state index in [0.717, 1.165) is 24.2 Å². The summed E-state index contributed by atoms with van der Waals surface area (Å²) in [6.07, 6.45) is 2.22. The second-order valence-corrected chi connectivity index (χ2v) is 4.51. The number of unbranched alkanes of at least 4 members (excludes halogenated alkanes) is 1. The van der Waals surface area contributed by atoms with E-state index in [1.165, 1.54) is 0 Å². The molecule has 0 saturated carbocycles. The number of ether oxygens (including phenoxy) is 1. The highest BCUT2D eigenvalue weighted by Gasteiger charge is 2.04. The first-order chi connectivity index (χ1) is 8.67. The zero-order valence-corrected chi connectivity index (χ0v) is 11.4. The van der Waals surface area contributed by atoms with E-state index < -0.39 is 6.67 Å². The Morgan fingerprint density at radius 2 is 1.94 bits per heavy atom. The van der Waals surface area contributed by atoms with E-state index >= 15 is 0 Å². The number of nitrogens with zero attached hydrogens (tertiary/aromatic N) is 1. The quantitative estimate of drug-likeness (QED) is 0.529. The Kier molecular flexibility index (Phi) is 6.40. The van der Waals surface area contributed by atoms with Gasteiger partial charge in [-0.05, 0) is 50.1 Å². The summed E-state index contributed by atoms with van der Waals surface area (Å²) < 4.78 is 18.5. The van der Waals surface area contributed by atoms with Crippen LogP contribution in [0, 0.1) is 0 Å². The Hall–Kier alpha value is -1.38. The van der Waals surface area contributed by atoms with Crippen molar-refractivity contribution in [3.63, 3.8) is 0 Å². The summed E-state index contributed by atoms with van der Waals surface area (Å²) in [4.78, 5) is 4.29. The third kappa shape index (κ3) is 4.86. The van der Waals surface area contributed by atoms with Crippen molar-refractivity contribution in [3.8, 4) is 5.75 Å². The lowest BCUT2D eigenvalue weighted by atomic mass is 10.1. The van der Waals surface area contributed by atoms with E-state index in [2.05, 4.69) is 11.9 Å². The molecule has 1 rings (SSSR count). The van der Waals surface area contributed by atoms with Crippen LogP contribution in [0.15, 0.2) is 29.3 Å². The van der Waals surface area contributed by atoms with Crippen molar-refractivity contribution in [2.75, 3.05) is 13.2 Å². The molecule has 0 radical (unpaired) electrons. The van der Waals surface area contributed by atoms with Gasteiger partial charge in [0, 0.05) is 6.54 Å². The van der Waals surface area contributed by atoms with Crippen LogP contribution in [0.2, 0.25) is 0 Å². The van der Waals surface area contributed by atoms with Crippen LogP contribution in [-0.4, -0.2) is 25.0 Å². The molecule has 0 aliphatic heterocycles. The molecule has 0 fully saturated rings. The van der Waals surface area contributed by atoms with Crippen molar-refractivity contribution in [1.29, 1.82) is 0 Å². The lowest BCUT2D eigenvalue weighted by Crippen LogP contribution is -2.07. The van der Waals surface area contributed by atoms with Crippen molar-refractivity contribution < 1.29 is 9.13 Å². The highest BCUT2D eigenvalue weighted by molar-refractivity contribution is 6.01. The highest BCUT2D eigenvalue weighted by Crippen LogP contribution is 2.14. The molecule has 0 amide bonds. The fourth-order valence-electron chi connectivity index (χ4n) is 1.58. The summed E-state index contributed by atoms with van der Waals surface area (Å²) in [5, 5.41) is 0. The van der Waals surface area contributed by atoms with Crippen molar-refractivity contribution >= 4 is 5.71 Å². The Bertz CT molecular complexity index is 371. The standard InChI is InChI=1S/C15H22FNO/c1-4-5-10-17-15(11-16)13-6-8-14(9-7-13)18-12(2)3/h6-9,12H,4-5,10-11H2,1-3H3. The highest BCUT2D eigenvalue weighted by atomic mass is 19.1. The minimum absolute atomic E-state index is 0.148. The van der Waals surface area contributed by atoms with Crippen LogP contribution in [0.1, 0.15) is 39.2 Å². The van der Waals surface area contributed by atoms with Gasteiger partial charge in [0.15, 0.2) is 0 Å². The largest absolute Gasteiger partial charge is 0.491 e. The van der Waals surface area contributed by atoms with Gasteiger partial charge < -0.3 is 4.74 Å². The monoisotopic (exact) mass is 251 g/mol. The van der Waals surface area contributed by atoms with Crippen molar-refractivity contribution in [2.24, 2.45) is 4.99 Å². The first kappa shape index (κ1) is 14.7. The molecule has 1 aromatic carbocycles. The molecule has 1 aromatic rings. The molecule has 0 bridgehead atoms. The minimum atomic E-state index is -0.520. The van der Waals surface area contributed by atoms with Crippen LogP contribution in [-0.2, 0) is 0 Å².